The number of H-pyrrole nitrogens is 1. The number of benzene rings is 3. The highest BCUT2D eigenvalue weighted by atomic mass is 16.5. The van der Waals surface area contributed by atoms with E-state index < -0.39 is 0 Å². The minimum Gasteiger partial charge on any atom is -0.471 e. The third-order valence-electron chi connectivity index (χ3n) is 6.19. The highest BCUT2D eigenvalue weighted by molar-refractivity contribution is 5.83. The first-order valence-electron chi connectivity index (χ1n) is 11.1. The van der Waals surface area contributed by atoms with Crippen molar-refractivity contribution in [2.24, 2.45) is 0 Å². The van der Waals surface area contributed by atoms with Crippen LogP contribution in [0.5, 0.6) is 5.75 Å². The first kappa shape index (κ1) is 19.7. The van der Waals surface area contributed by atoms with E-state index in [0.717, 1.165) is 38.2 Å². The summed E-state index contributed by atoms with van der Waals surface area (Å²) >= 11 is 0. The van der Waals surface area contributed by atoms with Crippen molar-refractivity contribution in [3.63, 3.8) is 0 Å². The molecule has 0 aliphatic carbocycles. The average Bonchev–Trinajstić information content (AvgIpc) is 3.23. The smallest absolute Gasteiger partial charge is 0.170 e. The van der Waals surface area contributed by atoms with E-state index in [9.17, 15) is 0 Å². The van der Waals surface area contributed by atoms with Crippen molar-refractivity contribution in [3.8, 4) is 5.75 Å². The van der Waals surface area contributed by atoms with Gasteiger partial charge in [0, 0.05) is 30.2 Å². The van der Waals surface area contributed by atoms with E-state index >= 15 is 0 Å². The molecule has 0 fully saturated rings. The van der Waals surface area contributed by atoms with Crippen LogP contribution < -0.4 is 9.64 Å². The SMILES string of the molecule is CN(CCCc1c[nH]c2ccccc12)C1CN(Cc2ccccc2)c2ccccc2O1. The molecule has 5 rings (SSSR count). The first-order chi connectivity index (χ1) is 15.3. The number of rotatable bonds is 7. The van der Waals surface area contributed by atoms with Gasteiger partial charge < -0.3 is 14.6 Å². The Bertz CT molecular complexity index is 1140. The van der Waals surface area contributed by atoms with Crippen molar-refractivity contribution in [3.05, 3.63) is 96.2 Å². The maximum Gasteiger partial charge on any atom is 0.170 e. The Kier molecular flexibility index (Phi) is 5.63. The Labute approximate surface area is 184 Å². The molecule has 0 saturated heterocycles. The number of aromatic nitrogens is 1. The predicted octanol–water partition coefficient (Wildman–Crippen LogP) is 5.46. The topological polar surface area (TPSA) is 31.5 Å². The molecule has 0 spiro atoms. The molecule has 0 saturated carbocycles. The summed E-state index contributed by atoms with van der Waals surface area (Å²) in [4.78, 5) is 8.17. The van der Waals surface area contributed by atoms with Crippen molar-refractivity contribution in [2.45, 2.75) is 25.6 Å². The summed E-state index contributed by atoms with van der Waals surface area (Å²) in [5.41, 5.74) is 5.11. The maximum absolute atomic E-state index is 6.40. The van der Waals surface area contributed by atoms with Gasteiger partial charge in [-0.15, -0.1) is 0 Å². The summed E-state index contributed by atoms with van der Waals surface area (Å²) in [7, 11) is 2.18. The van der Waals surface area contributed by atoms with Gasteiger partial charge in [-0.1, -0.05) is 60.7 Å². The zero-order valence-corrected chi connectivity index (χ0v) is 18.0. The van der Waals surface area contributed by atoms with Gasteiger partial charge in [-0.05, 0) is 49.2 Å². The monoisotopic (exact) mass is 411 g/mol. The lowest BCUT2D eigenvalue weighted by Gasteiger charge is -2.40. The molecule has 4 aromatic rings. The van der Waals surface area contributed by atoms with Gasteiger partial charge in [-0.3, -0.25) is 4.90 Å². The van der Waals surface area contributed by atoms with Crippen LogP contribution in [0.15, 0.2) is 85.1 Å². The number of hydrogen-bond donors (Lipinski definition) is 1. The molecular weight excluding hydrogens is 382 g/mol. The summed E-state index contributed by atoms with van der Waals surface area (Å²) in [6, 6.07) is 27.6. The molecular formula is C27H29N3O. The summed E-state index contributed by atoms with van der Waals surface area (Å²) in [5, 5.41) is 1.34. The molecule has 2 heterocycles. The van der Waals surface area contributed by atoms with Gasteiger partial charge in [-0.25, -0.2) is 0 Å². The van der Waals surface area contributed by atoms with Gasteiger partial charge in [0.05, 0.1) is 12.2 Å². The molecule has 0 bridgehead atoms. The summed E-state index contributed by atoms with van der Waals surface area (Å²) in [5.74, 6) is 0.971. The second kappa shape index (κ2) is 8.86. The standard InChI is InChI=1S/C27H29N3O/c1-29(17-9-12-22-18-28-24-14-6-5-13-23(22)24)27-20-30(19-21-10-3-2-4-11-21)25-15-7-8-16-26(25)31-27/h2-8,10-11,13-16,18,27-28H,9,12,17,19-20H2,1H3. The number of nitrogens with one attached hydrogen (secondary N) is 1. The summed E-state index contributed by atoms with van der Waals surface area (Å²) < 4.78 is 6.40. The average molecular weight is 412 g/mol. The van der Waals surface area contributed by atoms with Crippen molar-refractivity contribution >= 4 is 16.6 Å². The number of para-hydroxylation sites is 3. The van der Waals surface area contributed by atoms with E-state index in [1.807, 2.05) is 0 Å². The van der Waals surface area contributed by atoms with Crippen LogP contribution in [0.4, 0.5) is 5.69 Å². The number of hydrogen-bond acceptors (Lipinski definition) is 3. The van der Waals surface area contributed by atoms with Crippen molar-refractivity contribution in [1.82, 2.24) is 9.88 Å². The normalized spacial score (nSPS) is 15.8. The third kappa shape index (κ3) is 4.30. The first-order valence-corrected chi connectivity index (χ1v) is 11.1. The fraction of sp³-hybridized carbons (Fsp3) is 0.259. The minimum absolute atomic E-state index is 0.0431. The molecule has 158 valence electrons. The van der Waals surface area contributed by atoms with Crippen LogP contribution in [0.1, 0.15) is 17.5 Å². The van der Waals surface area contributed by atoms with Gasteiger partial charge in [0.1, 0.15) is 5.75 Å². The largest absolute Gasteiger partial charge is 0.471 e. The van der Waals surface area contributed by atoms with E-state index in [2.05, 4.69) is 107 Å². The molecule has 4 heteroatoms. The Morgan fingerprint density at radius 2 is 1.74 bits per heavy atom. The third-order valence-corrected chi connectivity index (χ3v) is 6.19. The second-order valence-electron chi connectivity index (χ2n) is 8.35. The lowest BCUT2D eigenvalue weighted by atomic mass is 10.1. The van der Waals surface area contributed by atoms with E-state index in [4.69, 9.17) is 4.74 Å². The zero-order chi connectivity index (χ0) is 21.0. The molecule has 1 aliphatic heterocycles. The number of aromatic amines is 1. The Balaban J connectivity index is 1.25. The molecule has 1 aromatic heterocycles. The molecule has 4 nitrogen and oxygen atoms in total. The highest BCUT2D eigenvalue weighted by Gasteiger charge is 2.28. The van der Waals surface area contributed by atoms with Crippen LogP contribution in [-0.4, -0.2) is 36.2 Å². The molecule has 0 amide bonds. The van der Waals surface area contributed by atoms with Crippen LogP contribution in [0, 0.1) is 0 Å². The Morgan fingerprint density at radius 1 is 0.968 bits per heavy atom. The van der Waals surface area contributed by atoms with Crippen LogP contribution >= 0.6 is 0 Å². The number of fused-ring (bicyclic) bond motifs is 2. The number of anilines is 1. The van der Waals surface area contributed by atoms with E-state index in [0.29, 0.717) is 0 Å². The lowest BCUT2D eigenvalue weighted by Crippen LogP contribution is -2.49. The van der Waals surface area contributed by atoms with Crippen LogP contribution in [0.2, 0.25) is 0 Å². The van der Waals surface area contributed by atoms with Gasteiger partial charge in [-0.2, -0.15) is 0 Å². The van der Waals surface area contributed by atoms with Crippen molar-refractivity contribution < 1.29 is 4.74 Å². The summed E-state index contributed by atoms with van der Waals surface area (Å²) in [6.07, 6.45) is 4.35. The quantitative estimate of drug-likeness (QED) is 0.438. The number of nitrogens with zero attached hydrogens (tertiary/aromatic N) is 2. The number of likely N-dealkylation sites (N-methyl/N-ethyl adjacent to an activating group) is 1. The number of aryl methyl sites for hydroxylation is 1. The van der Waals surface area contributed by atoms with Gasteiger partial charge >= 0.3 is 0 Å². The molecule has 1 aliphatic rings. The molecule has 31 heavy (non-hydrogen) atoms. The van der Waals surface area contributed by atoms with Crippen LogP contribution in [0.25, 0.3) is 10.9 Å². The zero-order valence-electron chi connectivity index (χ0n) is 18.0. The number of ether oxygens (including phenoxy) is 1. The van der Waals surface area contributed by atoms with E-state index in [1.54, 1.807) is 0 Å². The van der Waals surface area contributed by atoms with Gasteiger partial charge in [0.25, 0.3) is 0 Å². The fourth-order valence-electron chi connectivity index (χ4n) is 4.47. The molecule has 1 atom stereocenters. The minimum atomic E-state index is 0.0431. The maximum atomic E-state index is 6.40. The van der Waals surface area contributed by atoms with E-state index in [-0.39, 0.29) is 6.23 Å². The molecule has 3 aromatic carbocycles. The van der Waals surface area contributed by atoms with E-state index in [1.165, 1.54) is 27.7 Å². The molecule has 0 radical (unpaired) electrons. The Hall–Kier alpha value is -3.24. The lowest BCUT2D eigenvalue weighted by molar-refractivity contribution is 0.0423. The molecule has 1 N–H and O–H groups in total. The van der Waals surface area contributed by atoms with Gasteiger partial charge in [0.15, 0.2) is 6.23 Å². The van der Waals surface area contributed by atoms with Crippen LogP contribution in [-0.2, 0) is 13.0 Å². The predicted molar refractivity (Wildman–Crippen MR) is 128 cm³/mol. The van der Waals surface area contributed by atoms with Crippen molar-refractivity contribution in [1.29, 1.82) is 0 Å². The Morgan fingerprint density at radius 3 is 2.65 bits per heavy atom. The summed E-state index contributed by atoms with van der Waals surface area (Å²) in [6.45, 7) is 2.74. The van der Waals surface area contributed by atoms with Gasteiger partial charge in [0.2, 0.25) is 0 Å². The van der Waals surface area contributed by atoms with Crippen molar-refractivity contribution in [2.75, 3.05) is 25.0 Å². The second-order valence-corrected chi connectivity index (χ2v) is 8.35. The highest BCUT2D eigenvalue weighted by Crippen LogP contribution is 2.34. The van der Waals surface area contributed by atoms with Crippen LogP contribution in [0.3, 0.4) is 0 Å². The fourth-order valence-corrected chi connectivity index (χ4v) is 4.47. The molecule has 1 unspecified atom stereocenters.